The molecule has 14 heteroatoms. The number of aliphatic hydroxyl groups excluding tert-OH is 1. The van der Waals surface area contributed by atoms with Crippen molar-refractivity contribution in [1.82, 2.24) is 19.8 Å². The fourth-order valence-electron chi connectivity index (χ4n) is 9.49. The lowest BCUT2D eigenvalue weighted by atomic mass is 9.90. The van der Waals surface area contributed by atoms with Gasteiger partial charge in [-0.2, -0.15) is 15.2 Å². The lowest BCUT2D eigenvalue weighted by molar-refractivity contribution is 0.107. The Hall–Kier alpha value is -3.74. The summed E-state index contributed by atoms with van der Waals surface area (Å²) < 4.78 is 59.8. The summed E-state index contributed by atoms with van der Waals surface area (Å²) in [6.45, 7) is 4.23. The van der Waals surface area contributed by atoms with Gasteiger partial charge >= 0.3 is 6.01 Å². The highest BCUT2D eigenvalue weighted by molar-refractivity contribution is 7.23. The molecule has 7 heterocycles. The van der Waals surface area contributed by atoms with Gasteiger partial charge in [0, 0.05) is 62.2 Å². The zero-order valence-electron chi connectivity index (χ0n) is 27.6. The summed E-state index contributed by atoms with van der Waals surface area (Å²) in [6, 6.07) is 5.15. The molecule has 9 rings (SSSR count). The molecule has 4 atom stereocenters. The van der Waals surface area contributed by atoms with Gasteiger partial charge in [0.15, 0.2) is 5.82 Å². The van der Waals surface area contributed by atoms with E-state index in [4.69, 9.17) is 25.2 Å². The van der Waals surface area contributed by atoms with Gasteiger partial charge in [-0.3, -0.25) is 9.80 Å². The van der Waals surface area contributed by atoms with Gasteiger partial charge in [0.05, 0.1) is 34.4 Å². The first-order chi connectivity index (χ1) is 24.3. The lowest BCUT2D eigenvalue weighted by Crippen LogP contribution is -2.54. The number of aliphatic hydroxyl groups is 1. The minimum absolute atomic E-state index is 0.0311. The number of nitriles is 1. The summed E-state index contributed by atoms with van der Waals surface area (Å²) in [5.41, 5.74) is 7.83. The molecule has 4 fully saturated rings. The third-order valence-electron chi connectivity index (χ3n) is 11.6. The highest BCUT2D eigenvalue weighted by Crippen LogP contribution is 2.49. The molecule has 0 saturated carbocycles. The average molecular weight is 706 g/mol. The number of aromatic nitrogens is 2. The van der Waals surface area contributed by atoms with Gasteiger partial charge in [-0.25, -0.2) is 13.2 Å². The number of nitrogens with zero attached hydrogens (tertiary/aromatic N) is 6. The molecule has 50 heavy (non-hydrogen) atoms. The molecule has 5 aliphatic rings. The SMILES string of the molecule is N#Cc1c(N)sc2c(F)ccc(-c3c4c(c5c(N6C7CCC6CN(CCCO)C7)nc(OC[C@@]67CCCN6C[C@H](F)C7)nc5c3F)COC4)c12. The lowest BCUT2D eigenvalue weighted by Gasteiger charge is -2.42. The topological polar surface area (TPSA) is 124 Å². The third-order valence-corrected chi connectivity index (χ3v) is 12.6. The summed E-state index contributed by atoms with van der Waals surface area (Å²) in [4.78, 5) is 16.6. The maximum atomic E-state index is 17.5. The second-order valence-corrected chi connectivity index (χ2v) is 15.5. The van der Waals surface area contributed by atoms with Crippen molar-refractivity contribution in [2.45, 2.75) is 75.5 Å². The molecule has 3 N–H and O–H groups in total. The van der Waals surface area contributed by atoms with E-state index in [2.05, 4.69) is 20.8 Å². The Kier molecular flexibility index (Phi) is 7.85. The predicted molar refractivity (Wildman–Crippen MR) is 184 cm³/mol. The van der Waals surface area contributed by atoms with E-state index in [1.807, 2.05) is 0 Å². The molecule has 262 valence electrons. The number of thiophene rings is 1. The van der Waals surface area contributed by atoms with Crippen molar-refractivity contribution in [3.8, 4) is 23.2 Å². The first-order valence-electron chi connectivity index (χ1n) is 17.5. The number of hydrogen-bond donors (Lipinski definition) is 2. The Morgan fingerprint density at radius 2 is 1.92 bits per heavy atom. The van der Waals surface area contributed by atoms with Crippen molar-refractivity contribution in [2.24, 2.45) is 0 Å². The third kappa shape index (κ3) is 4.88. The molecule has 0 radical (unpaired) electrons. The van der Waals surface area contributed by atoms with E-state index in [1.165, 1.54) is 12.1 Å². The summed E-state index contributed by atoms with van der Waals surface area (Å²) in [7, 11) is 0. The normalized spacial score (nSPS) is 26.3. The van der Waals surface area contributed by atoms with Crippen molar-refractivity contribution in [2.75, 3.05) is 56.6 Å². The Labute approximate surface area is 291 Å². The van der Waals surface area contributed by atoms with Gasteiger partial charge in [0.1, 0.15) is 41.0 Å². The summed E-state index contributed by atoms with van der Waals surface area (Å²) in [5.74, 6) is -0.560. The number of hydrogen-bond acceptors (Lipinski definition) is 11. The van der Waals surface area contributed by atoms with Gasteiger partial charge in [-0.15, -0.1) is 11.3 Å². The molecule has 4 saturated heterocycles. The molecule has 0 aliphatic carbocycles. The largest absolute Gasteiger partial charge is 0.461 e. The zero-order valence-corrected chi connectivity index (χ0v) is 28.4. The number of ether oxygens (including phenoxy) is 2. The second kappa shape index (κ2) is 12.2. The van der Waals surface area contributed by atoms with Crippen LogP contribution in [0.1, 0.15) is 55.2 Å². The average Bonchev–Trinajstić information content (AvgIpc) is 3.91. The molecule has 0 amide bonds. The number of nitrogen functional groups attached to an aromatic ring is 1. The van der Waals surface area contributed by atoms with Crippen LogP contribution in [0.25, 0.3) is 32.1 Å². The van der Waals surface area contributed by atoms with Crippen molar-refractivity contribution in [1.29, 1.82) is 5.26 Å². The Morgan fingerprint density at radius 1 is 1.12 bits per heavy atom. The van der Waals surface area contributed by atoms with Gasteiger partial charge in [0.2, 0.25) is 0 Å². The van der Waals surface area contributed by atoms with Crippen LogP contribution in [-0.4, -0.2) is 94.6 Å². The number of rotatable bonds is 8. The number of nitrogens with two attached hydrogens (primary N) is 1. The molecule has 2 aromatic carbocycles. The van der Waals surface area contributed by atoms with Crippen molar-refractivity contribution >= 4 is 43.1 Å². The fourth-order valence-corrected chi connectivity index (χ4v) is 10.4. The predicted octanol–water partition coefficient (Wildman–Crippen LogP) is 5.26. The van der Waals surface area contributed by atoms with E-state index in [9.17, 15) is 14.8 Å². The minimum Gasteiger partial charge on any atom is -0.461 e. The van der Waals surface area contributed by atoms with Gasteiger partial charge in [-0.05, 0) is 61.4 Å². The first-order valence-corrected chi connectivity index (χ1v) is 18.3. The number of anilines is 2. The van der Waals surface area contributed by atoms with Crippen LogP contribution in [0.15, 0.2) is 12.1 Å². The number of piperazine rings is 1. The summed E-state index contributed by atoms with van der Waals surface area (Å²) in [6.07, 6.45) is 3.81. The van der Waals surface area contributed by atoms with Crippen LogP contribution in [0.3, 0.4) is 0 Å². The van der Waals surface area contributed by atoms with Crippen LogP contribution in [0, 0.1) is 23.0 Å². The number of likely N-dealkylation sites (tertiary alicyclic amines) is 1. The van der Waals surface area contributed by atoms with E-state index < -0.39 is 23.3 Å². The Bertz CT molecular complexity index is 2060. The van der Waals surface area contributed by atoms with E-state index >= 15 is 8.78 Å². The van der Waals surface area contributed by atoms with Crippen LogP contribution < -0.4 is 15.4 Å². The molecule has 10 nitrogen and oxygen atoms in total. The van der Waals surface area contributed by atoms with E-state index in [0.29, 0.717) is 41.7 Å². The Morgan fingerprint density at radius 3 is 2.70 bits per heavy atom. The maximum Gasteiger partial charge on any atom is 0.319 e. The van der Waals surface area contributed by atoms with Gasteiger partial charge < -0.3 is 25.2 Å². The highest BCUT2D eigenvalue weighted by Gasteiger charge is 2.50. The van der Waals surface area contributed by atoms with Crippen LogP contribution in [0.4, 0.5) is 24.0 Å². The molecule has 2 unspecified atom stereocenters. The molecule has 2 aromatic heterocycles. The Balaban J connectivity index is 1.23. The maximum absolute atomic E-state index is 17.5. The van der Waals surface area contributed by atoms with Crippen LogP contribution >= 0.6 is 11.3 Å². The number of halogens is 3. The van der Waals surface area contributed by atoms with Crippen molar-refractivity contribution in [3.63, 3.8) is 0 Å². The smallest absolute Gasteiger partial charge is 0.319 e. The monoisotopic (exact) mass is 705 g/mol. The van der Waals surface area contributed by atoms with Crippen LogP contribution in [0.5, 0.6) is 6.01 Å². The van der Waals surface area contributed by atoms with Crippen molar-refractivity contribution < 1.29 is 27.8 Å². The summed E-state index contributed by atoms with van der Waals surface area (Å²) in [5, 5.41) is 20.5. The van der Waals surface area contributed by atoms with Crippen LogP contribution in [-0.2, 0) is 18.0 Å². The number of benzene rings is 2. The first kappa shape index (κ1) is 32.2. The van der Waals surface area contributed by atoms with E-state index in [0.717, 1.165) is 68.8 Å². The number of alkyl halides is 1. The van der Waals surface area contributed by atoms with Crippen molar-refractivity contribution in [3.05, 3.63) is 40.5 Å². The molecule has 4 aromatic rings. The number of fused-ring (bicyclic) bond motifs is 7. The molecule has 5 aliphatic heterocycles. The quantitative estimate of drug-likeness (QED) is 0.251. The zero-order chi connectivity index (χ0) is 34.3. The van der Waals surface area contributed by atoms with Crippen LogP contribution in [0.2, 0.25) is 0 Å². The molecular weight excluding hydrogens is 668 g/mol. The van der Waals surface area contributed by atoms with E-state index in [-0.39, 0.29) is 76.3 Å². The minimum atomic E-state index is -0.927. The molecule has 0 spiro atoms. The highest BCUT2D eigenvalue weighted by atomic mass is 32.1. The standard InChI is InChI=1S/C36H38F3N7O3S/c37-19-11-36(7-1-9-45(36)13-19)18-49-35-42-31-29(34(43-35)46-20-3-4-21(46)15-44(14-20)8-2-10-47)25-17-48-16-24(25)27(30(31)39)22-5-6-26(38)32-28(22)23(12-40)33(41)50-32/h5-6,19-21,47H,1-4,7-11,13-18,41H2/t19-,20?,21?,36+/m1/s1. The molecular formula is C36H38F3N7O3S. The second-order valence-electron chi connectivity index (χ2n) is 14.4. The van der Waals surface area contributed by atoms with Gasteiger partial charge in [-0.1, -0.05) is 6.07 Å². The molecule has 2 bridgehead atoms. The fraction of sp³-hybridized carbons (Fsp3) is 0.528. The summed E-state index contributed by atoms with van der Waals surface area (Å²) >= 11 is 0.969. The van der Waals surface area contributed by atoms with E-state index in [1.54, 1.807) is 0 Å². The van der Waals surface area contributed by atoms with Gasteiger partial charge in [0.25, 0.3) is 0 Å².